The molecule has 0 aliphatic heterocycles. The lowest BCUT2D eigenvalue weighted by atomic mass is 10.2. The first-order valence-electron chi connectivity index (χ1n) is 9.83. The van der Waals surface area contributed by atoms with Crippen LogP contribution in [0.3, 0.4) is 0 Å². The van der Waals surface area contributed by atoms with Gasteiger partial charge in [0.05, 0.1) is 10.8 Å². The fourth-order valence-corrected chi connectivity index (χ4v) is 4.25. The van der Waals surface area contributed by atoms with Crippen LogP contribution in [0.1, 0.15) is 30.3 Å². The maximum Gasteiger partial charge on any atom is 0.233 e. The summed E-state index contributed by atoms with van der Waals surface area (Å²) in [5.41, 5.74) is 1.11. The predicted molar refractivity (Wildman–Crippen MR) is 118 cm³/mol. The van der Waals surface area contributed by atoms with Gasteiger partial charge in [-0.25, -0.2) is 0 Å². The first kappa shape index (κ1) is 20.8. The molecular formula is C22H23ClN4O2S. The summed E-state index contributed by atoms with van der Waals surface area (Å²) < 4.78 is 7.95. The molecule has 1 fully saturated rings. The second kappa shape index (κ2) is 9.53. The van der Waals surface area contributed by atoms with Crippen molar-refractivity contribution in [2.24, 2.45) is 0 Å². The summed E-state index contributed by atoms with van der Waals surface area (Å²) in [6.07, 6.45) is 2.18. The molecule has 1 aliphatic carbocycles. The molecule has 0 spiro atoms. The van der Waals surface area contributed by atoms with Crippen LogP contribution in [0.25, 0.3) is 0 Å². The van der Waals surface area contributed by atoms with E-state index in [9.17, 15) is 4.79 Å². The van der Waals surface area contributed by atoms with E-state index in [1.807, 2.05) is 55.6 Å². The molecule has 0 bridgehead atoms. The molecule has 156 valence electrons. The third-order valence-corrected chi connectivity index (χ3v) is 6.09. The molecule has 0 N–H and O–H groups in total. The van der Waals surface area contributed by atoms with Crippen molar-refractivity contribution in [1.29, 1.82) is 0 Å². The van der Waals surface area contributed by atoms with Crippen molar-refractivity contribution >= 4 is 29.3 Å². The normalized spacial score (nSPS) is 13.3. The monoisotopic (exact) mass is 442 g/mol. The SMILES string of the molecule is CN(Cc1ccccc1)C(=O)CSc1nnc(COc2ccccc2Cl)n1C1CC1. The topological polar surface area (TPSA) is 60.3 Å². The molecule has 8 heteroatoms. The van der Waals surface area contributed by atoms with Crippen molar-refractivity contribution in [3.05, 3.63) is 71.0 Å². The number of para-hydroxylation sites is 1. The molecule has 2 aromatic carbocycles. The van der Waals surface area contributed by atoms with Crippen LogP contribution in [0, 0.1) is 0 Å². The summed E-state index contributed by atoms with van der Waals surface area (Å²) in [6, 6.07) is 17.7. The summed E-state index contributed by atoms with van der Waals surface area (Å²) in [5.74, 6) is 1.75. The minimum absolute atomic E-state index is 0.0584. The van der Waals surface area contributed by atoms with E-state index in [0.29, 0.717) is 29.1 Å². The van der Waals surface area contributed by atoms with Gasteiger partial charge in [0.1, 0.15) is 12.4 Å². The van der Waals surface area contributed by atoms with Crippen LogP contribution in [0.2, 0.25) is 5.02 Å². The molecule has 1 saturated carbocycles. The van der Waals surface area contributed by atoms with E-state index in [2.05, 4.69) is 14.8 Å². The Hall–Kier alpha value is -2.51. The number of nitrogens with zero attached hydrogens (tertiary/aromatic N) is 4. The molecule has 1 heterocycles. The number of hydrogen-bond donors (Lipinski definition) is 0. The number of rotatable bonds is 9. The third-order valence-electron chi connectivity index (χ3n) is 4.85. The van der Waals surface area contributed by atoms with Crippen LogP contribution >= 0.6 is 23.4 Å². The Balaban J connectivity index is 1.37. The zero-order chi connectivity index (χ0) is 20.9. The van der Waals surface area contributed by atoms with Crippen molar-refractivity contribution in [3.8, 4) is 5.75 Å². The second-order valence-corrected chi connectivity index (χ2v) is 8.59. The molecule has 0 saturated heterocycles. The van der Waals surface area contributed by atoms with Crippen LogP contribution in [-0.4, -0.2) is 38.4 Å². The highest BCUT2D eigenvalue weighted by Gasteiger charge is 2.30. The first-order chi connectivity index (χ1) is 14.6. The van der Waals surface area contributed by atoms with Gasteiger partial charge in [-0.2, -0.15) is 0 Å². The predicted octanol–water partition coefficient (Wildman–Crippen LogP) is 4.60. The summed E-state index contributed by atoms with van der Waals surface area (Å²) in [4.78, 5) is 14.3. The lowest BCUT2D eigenvalue weighted by molar-refractivity contribution is -0.127. The van der Waals surface area contributed by atoms with Gasteiger partial charge in [-0.05, 0) is 30.5 Å². The Labute approximate surface area is 185 Å². The van der Waals surface area contributed by atoms with Crippen molar-refractivity contribution in [1.82, 2.24) is 19.7 Å². The van der Waals surface area contributed by atoms with Gasteiger partial charge in [-0.15, -0.1) is 10.2 Å². The van der Waals surface area contributed by atoms with E-state index >= 15 is 0 Å². The number of aromatic nitrogens is 3. The van der Waals surface area contributed by atoms with Gasteiger partial charge in [0.25, 0.3) is 0 Å². The maximum atomic E-state index is 12.6. The molecule has 1 aromatic heterocycles. The average molecular weight is 443 g/mol. The molecule has 1 aliphatic rings. The molecule has 3 aromatic rings. The number of ether oxygens (including phenoxy) is 1. The zero-order valence-corrected chi connectivity index (χ0v) is 18.3. The molecule has 6 nitrogen and oxygen atoms in total. The largest absolute Gasteiger partial charge is 0.484 e. The van der Waals surface area contributed by atoms with Gasteiger partial charge in [0.2, 0.25) is 5.91 Å². The van der Waals surface area contributed by atoms with Gasteiger partial charge in [0.15, 0.2) is 11.0 Å². The smallest absolute Gasteiger partial charge is 0.233 e. The van der Waals surface area contributed by atoms with Crippen molar-refractivity contribution < 1.29 is 9.53 Å². The minimum atomic E-state index is 0.0584. The highest BCUT2D eigenvalue weighted by Crippen LogP contribution is 2.39. The van der Waals surface area contributed by atoms with Crippen molar-refractivity contribution in [2.75, 3.05) is 12.8 Å². The van der Waals surface area contributed by atoms with E-state index in [0.717, 1.165) is 29.4 Å². The first-order valence-corrected chi connectivity index (χ1v) is 11.2. The molecular weight excluding hydrogens is 420 g/mol. The number of benzene rings is 2. The number of thioether (sulfide) groups is 1. The number of hydrogen-bond acceptors (Lipinski definition) is 5. The van der Waals surface area contributed by atoms with Crippen molar-refractivity contribution in [2.45, 2.75) is 37.2 Å². The Morgan fingerprint density at radius 3 is 2.63 bits per heavy atom. The number of carbonyl (C=O) groups excluding carboxylic acids is 1. The lowest BCUT2D eigenvalue weighted by Gasteiger charge is -2.17. The molecule has 0 radical (unpaired) electrons. The van der Waals surface area contributed by atoms with E-state index in [1.54, 1.807) is 11.0 Å². The highest BCUT2D eigenvalue weighted by atomic mass is 35.5. The average Bonchev–Trinajstić information content (AvgIpc) is 3.52. The summed E-state index contributed by atoms with van der Waals surface area (Å²) in [7, 11) is 1.82. The van der Waals surface area contributed by atoms with Crippen LogP contribution < -0.4 is 4.74 Å². The number of amides is 1. The Bertz CT molecular complexity index is 1010. The van der Waals surface area contributed by atoms with E-state index in [-0.39, 0.29) is 12.5 Å². The van der Waals surface area contributed by atoms with Gasteiger partial charge in [-0.3, -0.25) is 9.36 Å². The Kier molecular flexibility index (Phi) is 6.59. The standard InChI is InChI=1S/C22H23ClN4O2S/c1-26(13-16-7-3-2-4-8-16)21(28)15-30-22-25-24-20(27(22)17-11-12-17)14-29-19-10-6-5-9-18(19)23/h2-10,17H,11-15H2,1H3. The lowest BCUT2D eigenvalue weighted by Crippen LogP contribution is -2.27. The summed E-state index contributed by atoms with van der Waals surface area (Å²) in [5, 5.41) is 9.96. The molecule has 1 amide bonds. The third kappa shape index (κ3) is 5.15. The van der Waals surface area contributed by atoms with Crippen molar-refractivity contribution in [3.63, 3.8) is 0 Å². The molecule has 0 atom stereocenters. The Morgan fingerprint density at radius 1 is 1.17 bits per heavy atom. The quantitative estimate of drug-likeness (QED) is 0.453. The summed E-state index contributed by atoms with van der Waals surface area (Å²) >= 11 is 7.59. The fourth-order valence-electron chi connectivity index (χ4n) is 3.09. The van der Waals surface area contributed by atoms with Crippen LogP contribution in [0.4, 0.5) is 0 Å². The molecule has 30 heavy (non-hydrogen) atoms. The minimum Gasteiger partial charge on any atom is -0.484 e. The Morgan fingerprint density at radius 2 is 1.90 bits per heavy atom. The van der Waals surface area contributed by atoms with Crippen LogP contribution in [-0.2, 0) is 17.9 Å². The zero-order valence-electron chi connectivity index (χ0n) is 16.7. The van der Waals surface area contributed by atoms with Gasteiger partial charge in [0, 0.05) is 19.6 Å². The molecule has 4 rings (SSSR count). The van der Waals surface area contributed by atoms with Gasteiger partial charge >= 0.3 is 0 Å². The second-order valence-electron chi connectivity index (χ2n) is 7.24. The number of halogens is 1. The van der Waals surface area contributed by atoms with Crippen LogP contribution in [0.5, 0.6) is 5.75 Å². The van der Waals surface area contributed by atoms with Crippen LogP contribution in [0.15, 0.2) is 59.8 Å². The van der Waals surface area contributed by atoms with E-state index in [4.69, 9.17) is 16.3 Å². The highest BCUT2D eigenvalue weighted by molar-refractivity contribution is 7.99. The number of carbonyl (C=O) groups is 1. The molecule has 0 unspecified atom stereocenters. The summed E-state index contributed by atoms with van der Waals surface area (Å²) in [6.45, 7) is 0.877. The van der Waals surface area contributed by atoms with Gasteiger partial charge in [-0.1, -0.05) is 65.8 Å². The van der Waals surface area contributed by atoms with Gasteiger partial charge < -0.3 is 9.64 Å². The fraction of sp³-hybridized carbons (Fsp3) is 0.318. The van der Waals surface area contributed by atoms with E-state index < -0.39 is 0 Å². The van der Waals surface area contributed by atoms with E-state index in [1.165, 1.54) is 11.8 Å². The maximum absolute atomic E-state index is 12.6.